The fourth-order valence-corrected chi connectivity index (χ4v) is 2.41. The number of rotatable bonds is 8. The molecule has 0 atom stereocenters. The summed E-state index contributed by atoms with van der Waals surface area (Å²) in [7, 11) is 0. The summed E-state index contributed by atoms with van der Waals surface area (Å²) in [4.78, 5) is 27.0. The van der Waals surface area contributed by atoms with Crippen LogP contribution in [0.4, 0.5) is 11.4 Å². The van der Waals surface area contributed by atoms with Crippen LogP contribution in [-0.4, -0.2) is 31.4 Å². The van der Waals surface area contributed by atoms with Crippen molar-refractivity contribution >= 4 is 23.2 Å². The summed E-state index contributed by atoms with van der Waals surface area (Å²) >= 11 is 0. The second-order valence-corrected chi connectivity index (χ2v) is 6.51. The first-order chi connectivity index (χ1) is 11.3. The van der Waals surface area contributed by atoms with Gasteiger partial charge in [-0.3, -0.25) is 9.59 Å². The van der Waals surface area contributed by atoms with Gasteiger partial charge in [0.2, 0.25) is 11.8 Å². The van der Waals surface area contributed by atoms with E-state index in [1.165, 1.54) is 0 Å². The monoisotopic (exact) mass is 333 g/mol. The Morgan fingerprint density at radius 2 is 1.71 bits per heavy atom. The SMILES string of the molecule is CCCNC(=O)C(C)(C)C(=O)Nc1ccc(N(CC)CC)cc1C. The normalized spacial score (nSPS) is 11.1. The third-order valence-corrected chi connectivity index (χ3v) is 4.26. The van der Waals surface area contributed by atoms with E-state index in [4.69, 9.17) is 0 Å². The van der Waals surface area contributed by atoms with Gasteiger partial charge in [-0.05, 0) is 64.8 Å². The van der Waals surface area contributed by atoms with Gasteiger partial charge >= 0.3 is 0 Å². The molecule has 0 heterocycles. The van der Waals surface area contributed by atoms with Gasteiger partial charge in [-0.15, -0.1) is 0 Å². The van der Waals surface area contributed by atoms with Crippen LogP contribution in [0.3, 0.4) is 0 Å². The lowest BCUT2D eigenvalue weighted by Crippen LogP contribution is -2.45. The van der Waals surface area contributed by atoms with Crippen molar-refractivity contribution in [3.8, 4) is 0 Å². The Morgan fingerprint density at radius 3 is 2.21 bits per heavy atom. The number of nitrogens with one attached hydrogen (secondary N) is 2. The van der Waals surface area contributed by atoms with Crippen molar-refractivity contribution in [2.45, 2.75) is 48.0 Å². The molecule has 0 bridgehead atoms. The largest absolute Gasteiger partial charge is 0.372 e. The molecule has 1 aromatic carbocycles. The first-order valence-electron chi connectivity index (χ1n) is 8.73. The molecule has 0 saturated carbocycles. The molecule has 0 spiro atoms. The molecule has 2 amide bonds. The second-order valence-electron chi connectivity index (χ2n) is 6.51. The quantitative estimate of drug-likeness (QED) is 0.717. The van der Waals surface area contributed by atoms with Crippen molar-refractivity contribution in [3.05, 3.63) is 23.8 Å². The molecule has 0 aliphatic rings. The molecule has 134 valence electrons. The molecule has 0 aliphatic carbocycles. The average molecular weight is 333 g/mol. The number of hydrogen-bond acceptors (Lipinski definition) is 3. The number of nitrogens with zero attached hydrogens (tertiary/aromatic N) is 1. The lowest BCUT2D eigenvalue weighted by atomic mass is 9.90. The first-order valence-corrected chi connectivity index (χ1v) is 8.73. The molecule has 0 saturated heterocycles. The van der Waals surface area contributed by atoms with Crippen LogP contribution in [0.15, 0.2) is 18.2 Å². The van der Waals surface area contributed by atoms with E-state index in [0.717, 1.165) is 36.4 Å². The van der Waals surface area contributed by atoms with Crippen LogP contribution in [0.1, 0.15) is 46.6 Å². The molecule has 2 N–H and O–H groups in total. The molecule has 5 nitrogen and oxygen atoms in total. The standard InChI is InChI=1S/C19H31N3O2/c1-7-12-20-17(23)19(5,6)18(24)21-16-11-10-15(13-14(16)4)22(8-2)9-3/h10-11,13H,7-9,12H2,1-6H3,(H,20,23)(H,21,24). The fraction of sp³-hybridized carbons (Fsp3) is 0.579. The molecule has 0 fully saturated rings. The molecule has 0 aromatic heterocycles. The van der Waals surface area contributed by atoms with E-state index in [9.17, 15) is 9.59 Å². The predicted octanol–water partition coefficient (Wildman–Crippen LogP) is 3.33. The highest BCUT2D eigenvalue weighted by molar-refractivity contribution is 6.10. The Kier molecular flexibility index (Phi) is 7.26. The number of benzene rings is 1. The van der Waals surface area contributed by atoms with E-state index in [0.29, 0.717) is 6.54 Å². The maximum atomic E-state index is 12.5. The van der Waals surface area contributed by atoms with Crippen molar-refractivity contribution in [2.75, 3.05) is 29.9 Å². The molecule has 5 heteroatoms. The molecule has 24 heavy (non-hydrogen) atoms. The Labute approximate surface area is 145 Å². The van der Waals surface area contributed by atoms with Crippen LogP contribution < -0.4 is 15.5 Å². The number of amides is 2. The van der Waals surface area contributed by atoms with Gasteiger partial charge in [-0.1, -0.05) is 6.92 Å². The van der Waals surface area contributed by atoms with Crippen molar-refractivity contribution in [1.82, 2.24) is 5.32 Å². The van der Waals surface area contributed by atoms with E-state index in [1.54, 1.807) is 13.8 Å². The van der Waals surface area contributed by atoms with Gasteiger partial charge in [0, 0.05) is 31.0 Å². The van der Waals surface area contributed by atoms with E-state index in [1.807, 2.05) is 26.0 Å². The second kappa shape index (κ2) is 8.71. The average Bonchev–Trinajstić information content (AvgIpc) is 2.55. The van der Waals surface area contributed by atoms with Crippen LogP contribution in [0.5, 0.6) is 0 Å². The highest BCUT2D eigenvalue weighted by atomic mass is 16.2. The lowest BCUT2D eigenvalue weighted by Gasteiger charge is -2.25. The summed E-state index contributed by atoms with van der Waals surface area (Å²) in [6, 6.07) is 5.97. The van der Waals surface area contributed by atoms with Gasteiger partial charge < -0.3 is 15.5 Å². The number of carbonyl (C=O) groups excluding carboxylic acids is 2. The summed E-state index contributed by atoms with van der Waals surface area (Å²) < 4.78 is 0. The summed E-state index contributed by atoms with van der Waals surface area (Å²) in [5.41, 5.74) is 1.75. The maximum Gasteiger partial charge on any atom is 0.239 e. The van der Waals surface area contributed by atoms with Gasteiger partial charge in [-0.2, -0.15) is 0 Å². The first kappa shape index (κ1) is 20.0. The van der Waals surface area contributed by atoms with Crippen LogP contribution in [0.25, 0.3) is 0 Å². The zero-order valence-electron chi connectivity index (χ0n) is 15.8. The van der Waals surface area contributed by atoms with Crippen LogP contribution in [-0.2, 0) is 9.59 Å². The molecular formula is C19H31N3O2. The van der Waals surface area contributed by atoms with Crippen molar-refractivity contribution in [2.24, 2.45) is 5.41 Å². The molecule has 0 aliphatic heterocycles. The Bertz CT molecular complexity index is 578. The third kappa shape index (κ3) is 4.73. The number of aryl methyl sites for hydroxylation is 1. The maximum absolute atomic E-state index is 12.5. The Morgan fingerprint density at radius 1 is 1.08 bits per heavy atom. The van der Waals surface area contributed by atoms with E-state index >= 15 is 0 Å². The minimum absolute atomic E-state index is 0.251. The molecular weight excluding hydrogens is 302 g/mol. The topological polar surface area (TPSA) is 61.4 Å². The smallest absolute Gasteiger partial charge is 0.239 e. The molecule has 0 radical (unpaired) electrons. The Balaban J connectivity index is 2.88. The molecule has 0 unspecified atom stereocenters. The highest BCUT2D eigenvalue weighted by Crippen LogP contribution is 2.25. The highest BCUT2D eigenvalue weighted by Gasteiger charge is 2.35. The summed E-state index contributed by atoms with van der Waals surface area (Å²) in [5, 5.41) is 5.68. The van der Waals surface area contributed by atoms with Gasteiger partial charge in [0.1, 0.15) is 5.41 Å². The van der Waals surface area contributed by atoms with Gasteiger partial charge in [-0.25, -0.2) is 0 Å². The van der Waals surface area contributed by atoms with Gasteiger partial charge in [0.05, 0.1) is 0 Å². The number of carbonyl (C=O) groups is 2. The number of hydrogen-bond donors (Lipinski definition) is 2. The van der Waals surface area contributed by atoms with Crippen LogP contribution in [0.2, 0.25) is 0 Å². The minimum Gasteiger partial charge on any atom is -0.372 e. The van der Waals surface area contributed by atoms with Crippen molar-refractivity contribution in [3.63, 3.8) is 0 Å². The van der Waals surface area contributed by atoms with E-state index < -0.39 is 5.41 Å². The zero-order chi connectivity index (χ0) is 18.3. The van der Waals surface area contributed by atoms with E-state index in [-0.39, 0.29) is 11.8 Å². The van der Waals surface area contributed by atoms with Crippen molar-refractivity contribution in [1.29, 1.82) is 0 Å². The van der Waals surface area contributed by atoms with Gasteiger partial charge in [0.15, 0.2) is 0 Å². The van der Waals surface area contributed by atoms with Crippen molar-refractivity contribution < 1.29 is 9.59 Å². The van der Waals surface area contributed by atoms with Gasteiger partial charge in [0.25, 0.3) is 0 Å². The third-order valence-electron chi connectivity index (χ3n) is 4.26. The fourth-order valence-electron chi connectivity index (χ4n) is 2.41. The predicted molar refractivity (Wildman–Crippen MR) is 100 cm³/mol. The number of anilines is 2. The summed E-state index contributed by atoms with van der Waals surface area (Å²) in [6.07, 6.45) is 0.843. The van der Waals surface area contributed by atoms with Crippen LogP contribution in [0, 0.1) is 12.3 Å². The minimum atomic E-state index is -1.11. The summed E-state index contributed by atoms with van der Waals surface area (Å²) in [5.74, 6) is -0.547. The van der Waals surface area contributed by atoms with E-state index in [2.05, 4.69) is 35.4 Å². The molecule has 1 aromatic rings. The zero-order valence-corrected chi connectivity index (χ0v) is 15.8. The van der Waals surface area contributed by atoms with Crippen LogP contribution >= 0.6 is 0 Å². The molecule has 1 rings (SSSR count). The Hall–Kier alpha value is -2.04. The summed E-state index contributed by atoms with van der Waals surface area (Å²) in [6.45, 7) is 13.9. The lowest BCUT2D eigenvalue weighted by molar-refractivity contribution is -0.138.